The number of benzene rings is 1. The minimum Gasteiger partial charge on any atom is -0.493 e. The van der Waals surface area contributed by atoms with E-state index in [0.717, 1.165) is 50.9 Å². The Morgan fingerprint density at radius 2 is 1.63 bits per heavy atom. The van der Waals surface area contributed by atoms with Crippen LogP contribution in [0.5, 0.6) is 17.2 Å². The summed E-state index contributed by atoms with van der Waals surface area (Å²) in [6.07, 6.45) is 3.56. The molecule has 1 aliphatic rings. The lowest BCUT2D eigenvalue weighted by molar-refractivity contribution is 0.260. The zero-order chi connectivity index (χ0) is 21.3. The van der Waals surface area contributed by atoms with Crippen LogP contribution in [0.1, 0.15) is 0 Å². The third-order valence-corrected chi connectivity index (χ3v) is 5.09. The molecule has 2 N–H and O–H groups in total. The van der Waals surface area contributed by atoms with Crippen LogP contribution < -0.4 is 29.7 Å². The van der Waals surface area contributed by atoms with Gasteiger partial charge in [0.2, 0.25) is 11.7 Å². The van der Waals surface area contributed by atoms with E-state index in [2.05, 4.69) is 30.4 Å². The molecule has 2 aromatic rings. The van der Waals surface area contributed by atoms with Crippen molar-refractivity contribution in [1.29, 1.82) is 0 Å². The van der Waals surface area contributed by atoms with Crippen LogP contribution in [0.25, 0.3) is 0 Å². The summed E-state index contributed by atoms with van der Waals surface area (Å²) in [6, 6.07) is 5.47. The quantitative estimate of drug-likeness (QED) is 0.600. The van der Waals surface area contributed by atoms with Crippen molar-refractivity contribution >= 4 is 29.0 Å². The van der Waals surface area contributed by atoms with Crippen LogP contribution in [-0.2, 0) is 0 Å². The van der Waals surface area contributed by atoms with Gasteiger partial charge in [-0.3, -0.25) is 4.90 Å². The highest BCUT2D eigenvalue weighted by Crippen LogP contribution is 2.39. The van der Waals surface area contributed by atoms with Crippen LogP contribution >= 0.6 is 12.2 Å². The lowest BCUT2D eigenvalue weighted by Gasteiger charge is -2.34. The van der Waals surface area contributed by atoms with Gasteiger partial charge in [-0.2, -0.15) is 0 Å². The minimum absolute atomic E-state index is 0.542. The van der Waals surface area contributed by atoms with Crippen LogP contribution in [0.15, 0.2) is 30.6 Å². The van der Waals surface area contributed by atoms with E-state index in [0.29, 0.717) is 22.4 Å². The Balaban J connectivity index is 1.43. The first-order chi connectivity index (χ1) is 14.6. The number of ether oxygens (including phenoxy) is 3. The molecule has 1 saturated heterocycles. The number of piperazine rings is 1. The maximum absolute atomic E-state index is 5.43. The lowest BCUT2D eigenvalue weighted by atomic mass is 10.2. The van der Waals surface area contributed by atoms with Gasteiger partial charge < -0.3 is 29.7 Å². The van der Waals surface area contributed by atoms with Gasteiger partial charge in [-0.25, -0.2) is 9.97 Å². The van der Waals surface area contributed by atoms with Crippen LogP contribution in [0.4, 0.5) is 11.6 Å². The minimum atomic E-state index is 0.542. The van der Waals surface area contributed by atoms with Gasteiger partial charge in [0.1, 0.15) is 0 Å². The molecule has 0 unspecified atom stereocenters. The second-order valence-corrected chi connectivity index (χ2v) is 7.08. The fourth-order valence-electron chi connectivity index (χ4n) is 3.28. The van der Waals surface area contributed by atoms with E-state index in [1.165, 1.54) is 0 Å². The number of hydrogen-bond donors (Lipinski definition) is 2. The molecule has 2 heterocycles. The van der Waals surface area contributed by atoms with Crippen molar-refractivity contribution in [1.82, 2.24) is 20.2 Å². The van der Waals surface area contributed by atoms with E-state index in [-0.39, 0.29) is 0 Å². The van der Waals surface area contributed by atoms with Crippen LogP contribution in [0.3, 0.4) is 0 Å². The highest BCUT2D eigenvalue weighted by atomic mass is 32.1. The summed E-state index contributed by atoms with van der Waals surface area (Å²) < 4.78 is 16.1. The third-order valence-electron chi connectivity index (χ3n) is 4.84. The van der Waals surface area contributed by atoms with Crippen molar-refractivity contribution in [2.24, 2.45) is 0 Å². The molecule has 162 valence electrons. The number of thiocarbonyl (C=S) groups is 1. The molecule has 0 radical (unpaired) electrons. The first kappa shape index (κ1) is 21.8. The Labute approximate surface area is 182 Å². The predicted octanol–water partition coefficient (Wildman–Crippen LogP) is 1.61. The molecule has 0 spiro atoms. The van der Waals surface area contributed by atoms with Crippen molar-refractivity contribution in [2.75, 3.05) is 70.8 Å². The number of hydrogen-bond acceptors (Lipinski definition) is 8. The Kier molecular flexibility index (Phi) is 7.86. The number of rotatable bonds is 8. The third kappa shape index (κ3) is 5.61. The number of aromatic nitrogens is 2. The van der Waals surface area contributed by atoms with E-state index >= 15 is 0 Å². The van der Waals surface area contributed by atoms with Gasteiger partial charge in [-0.05, 0) is 18.3 Å². The van der Waals surface area contributed by atoms with Gasteiger partial charge in [0.05, 0.1) is 21.3 Å². The molecule has 1 aliphatic heterocycles. The van der Waals surface area contributed by atoms with Gasteiger partial charge in [-0.1, -0.05) is 0 Å². The van der Waals surface area contributed by atoms with Gasteiger partial charge in [0.15, 0.2) is 16.6 Å². The first-order valence-corrected chi connectivity index (χ1v) is 10.1. The molecule has 1 aromatic carbocycles. The molecule has 0 aliphatic carbocycles. The number of nitrogens with zero attached hydrogens (tertiary/aromatic N) is 4. The zero-order valence-corrected chi connectivity index (χ0v) is 18.4. The highest BCUT2D eigenvalue weighted by Gasteiger charge is 2.18. The van der Waals surface area contributed by atoms with Crippen LogP contribution in [0, 0.1) is 0 Å². The van der Waals surface area contributed by atoms with Crippen molar-refractivity contribution < 1.29 is 14.2 Å². The van der Waals surface area contributed by atoms with Crippen LogP contribution in [0.2, 0.25) is 0 Å². The summed E-state index contributed by atoms with van der Waals surface area (Å²) in [7, 11) is 4.75. The summed E-state index contributed by atoms with van der Waals surface area (Å²) >= 11 is 5.43. The van der Waals surface area contributed by atoms with Gasteiger partial charge >= 0.3 is 0 Å². The molecule has 9 nitrogen and oxygen atoms in total. The van der Waals surface area contributed by atoms with Crippen molar-refractivity contribution in [3.05, 3.63) is 30.6 Å². The lowest BCUT2D eigenvalue weighted by Crippen LogP contribution is -2.49. The summed E-state index contributed by atoms with van der Waals surface area (Å²) in [4.78, 5) is 13.2. The normalized spacial score (nSPS) is 14.2. The highest BCUT2D eigenvalue weighted by molar-refractivity contribution is 7.80. The molecule has 1 fully saturated rings. The molecule has 0 bridgehead atoms. The Bertz CT molecular complexity index is 806. The second kappa shape index (κ2) is 10.8. The molecule has 3 rings (SSSR count). The molecule has 1 aromatic heterocycles. The average Bonchev–Trinajstić information content (AvgIpc) is 2.79. The summed E-state index contributed by atoms with van der Waals surface area (Å²) in [5.74, 6) is 2.49. The van der Waals surface area contributed by atoms with Crippen molar-refractivity contribution in [2.45, 2.75) is 0 Å². The van der Waals surface area contributed by atoms with Crippen molar-refractivity contribution in [3.8, 4) is 17.2 Å². The van der Waals surface area contributed by atoms with E-state index < -0.39 is 0 Å². The smallest absolute Gasteiger partial charge is 0.225 e. The fourth-order valence-corrected chi connectivity index (χ4v) is 3.50. The summed E-state index contributed by atoms with van der Waals surface area (Å²) in [5.41, 5.74) is 0.762. The van der Waals surface area contributed by atoms with Gasteiger partial charge in [0.25, 0.3) is 0 Å². The zero-order valence-electron chi connectivity index (χ0n) is 17.6. The van der Waals surface area contributed by atoms with E-state index in [1.807, 2.05) is 18.2 Å². The first-order valence-electron chi connectivity index (χ1n) is 9.73. The Morgan fingerprint density at radius 1 is 1.00 bits per heavy atom. The van der Waals surface area contributed by atoms with Crippen LogP contribution in [-0.4, -0.2) is 80.6 Å². The molecule has 30 heavy (non-hydrogen) atoms. The second-order valence-electron chi connectivity index (χ2n) is 6.67. The predicted molar refractivity (Wildman–Crippen MR) is 121 cm³/mol. The molecule has 0 saturated carbocycles. The Morgan fingerprint density at radius 3 is 2.20 bits per heavy atom. The summed E-state index contributed by atoms with van der Waals surface area (Å²) in [5, 5.41) is 6.97. The van der Waals surface area contributed by atoms with E-state index in [1.54, 1.807) is 33.7 Å². The Hall–Kier alpha value is -2.85. The van der Waals surface area contributed by atoms with E-state index in [4.69, 9.17) is 26.4 Å². The monoisotopic (exact) mass is 432 g/mol. The van der Waals surface area contributed by atoms with Crippen molar-refractivity contribution in [3.63, 3.8) is 0 Å². The largest absolute Gasteiger partial charge is 0.493 e. The number of nitrogens with one attached hydrogen (secondary N) is 2. The standard InChI is InChI=1S/C20H28N6O3S/c1-27-16-13-15(14-17(28-2)18(16)29-3)24-20(30)23-7-8-25-9-11-26(12-10-25)19-21-5-4-6-22-19/h4-6,13-14H,7-12H2,1-3H3,(H2,23,24,30). The SMILES string of the molecule is COc1cc(NC(=S)NCCN2CCN(c3ncccn3)CC2)cc(OC)c1OC. The maximum atomic E-state index is 5.43. The molecular weight excluding hydrogens is 404 g/mol. The van der Waals surface area contributed by atoms with Gasteiger partial charge in [0, 0.05) is 69.5 Å². The fraction of sp³-hybridized carbons (Fsp3) is 0.450. The summed E-state index contributed by atoms with van der Waals surface area (Å²) in [6.45, 7) is 5.41. The maximum Gasteiger partial charge on any atom is 0.225 e. The topological polar surface area (TPSA) is 84.0 Å². The average molecular weight is 433 g/mol. The molecule has 0 atom stereocenters. The van der Waals surface area contributed by atoms with E-state index in [9.17, 15) is 0 Å². The molecule has 0 amide bonds. The molecular formula is C20H28N6O3S. The van der Waals surface area contributed by atoms with Gasteiger partial charge in [-0.15, -0.1) is 0 Å². The number of anilines is 2. The number of methoxy groups -OCH3 is 3. The molecule has 10 heteroatoms.